The minimum atomic E-state index is -0.348. The van der Waals surface area contributed by atoms with Crippen molar-refractivity contribution >= 4 is 11.8 Å². The number of amides is 2. The number of nitrogens with zero attached hydrogens (tertiary/aromatic N) is 5. The summed E-state index contributed by atoms with van der Waals surface area (Å²) < 4.78 is 0. The standard InChI is InChI=1S/C19H19N7O2/c1-12-22-17(25-24-12)16-7-15(23-18(27)13-5-3-2-4-6-13)10-26(16)19(28)14-8-20-11-21-9-14/h2-6,8-9,11,15-16H,7,10H2,1H3,(H,23,27)(H,22,24,25)/t15-,16-/m0/s1. The minimum Gasteiger partial charge on any atom is -0.347 e. The molecule has 1 saturated heterocycles. The Morgan fingerprint density at radius 1 is 1.14 bits per heavy atom. The van der Waals surface area contributed by atoms with E-state index in [1.54, 1.807) is 24.0 Å². The Balaban J connectivity index is 1.56. The van der Waals surface area contributed by atoms with Gasteiger partial charge in [0.1, 0.15) is 12.2 Å². The molecule has 1 aliphatic heterocycles. The van der Waals surface area contributed by atoms with Crippen molar-refractivity contribution in [3.05, 3.63) is 71.8 Å². The Kier molecular flexibility index (Phi) is 4.79. The van der Waals surface area contributed by atoms with Crippen molar-refractivity contribution in [2.75, 3.05) is 6.54 Å². The topological polar surface area (TPSA) is 117 Å². The van der Waals surface area contributed by atoms with Crippen LogP contribution in [-0.2, 0) is 0 Å². The van der Waals surface area contributed by atoms with E-state index in [-0.39, 0.29) is 23.9 Å². The van der Waals surface area contributed by atoms with Gasteiger partial charge in [-0.2, -0.15) is 5.10 Å². The van der Waals surface area contributed by atoms with Crippen LogP contribution in [-0.4, -0.2) is 54.5 Å². The Morgan fingerprint density at radius 3 is 2.57 bits per heavy atom. The Labute approximate surface area is 161 Å². The summed E-state index contributed by atoms with van der Waals surface area (Å²) in [4.78, 5) is 39.4. The van der Waals surface area contributed by atoms with Crippen molar-refractivity contribution in [1.82, 2.24) is 35.4 Å². The number of carbonyl (C=O) groups is 2. The molecule has 142 valence electrons. The quantitative estimate of drug-likeness (QED) is 0.708. The van der Waals surface area contributed by atoms with E-state index in [0.29, 0.717) is 35.7 Å². The zero-order valence-corrected chi connectivity index (χ0v) is 15.2. The number of nitrogens with one attached hydrogen (secondary N) is 2. The molecule has 0 unspecified atom stereocenters. The third-order valence-electron chi connectivity index (χ3n) is 4.65. The second-order valence-corrected chi connectivity index (χ2v) is 6.65. The van der Waals surface area contributed by atoms with Crippen molar-refractivity contribution in [3.8, 4) is 0 Å². The van der Waals surface area contributed by atoms with Gasteiger partial charge in [-0.15, -0.1) is 0 Å². The number of rotatable bonds is 4. The zero-order valence-electron chi connectivity index (χ0n) is 15.2. The molecule has 0 radical (unpaired) electrons. The normalized spacial score (nSPS) is 18.8. The molecule has 2 aromatic heterocycles. The largest absolute Gasteiger partial charge is 0.347 e. The number of aromatic nitrogens is 5. The fourth-order valence-electron chi connectivity index (χ4n) is 3.35. The van der Waals surface area contributed by atoms with E-state index in [0.717, 1.165) is 0 Å². The van der Waals surface area contributed by atoms with E-state index < -0.39 is 0 Å². The van der Waals surface area contributed by atoms with Gasteiger partial charge in [-0.05, 0) is 25.5 Å². The summed E-state index contributed by atoms with van der Waals surface area (Å²) >= 11 is 0. The van der Waals surface area contributed by atoms with E-state index in [2.05, 4.69) is 30.5 Å². The predicted octanol–water partition coefficient (Wildman–Crippen LogP) is 1.29. The molecule has 1 aromatic carbocycles. The molecule has 0 aliphatic carbocycles. The molecule has 3 aromatic rings. The summed E-state index contributed by atoms with van der Waals surface area (Å²) in [6.07, 6.45) is 4.85. The molecule has 9 heteroatoms. The maximum absolute atomic E-state index is 13.0. The van der Waals surface area contributed by atoms with Crippen LogP contribution in [0.1, 0.15) is 44.8 Å². The van der Waals surface area contributed by atoms with Gasteiger partial charge in [0.05, 0.1) is 11.6 Å². The van der Waals surface area contributed by atoms with Crippen LogP contribution in [0.2, 0.25) is 0 Å². The van der Waals surface area contributed by atoms with Crippen molar-refractivity contribution in [3.63, 3.8) is 0 Å². The lowest BCUT2D eigenvalue weighted by Crippen LogP contribution is -2.38. The number of hydrogen-bond acceptors (Lipinski definition) is 6. The molecule has 0 spiro atoms. The summed E-state index contributed by atoms with van der Waals surface area (Å²) in [6.45, 7) is 2.15. The molecule has 1 fully saturated rings. The highest BCUT2D eigenvalue weighted by Crippen LogP contribution is 2.31. The first-order valence-electron chi connectivity index (χ1n) is 8.92. The van der Waals surface area contributed by atoms with Crippen LogP contribution < -0.4 is 5.32 Å². The number of likely N-dealkylation sites (tertiary alicyclic amines) is 1. The SMILES string of the molecule is Cc1nc([C@@H]2C[C@H](NC(=O)c3ccccc3)CN2C(=O)c2cncnc2)n[nH]1. The smallest absolute Gasteiger partial charge is 0.257 e. The number of hydrogen-bond donors (Lipinski definition) is 2. The van der Waals surface area contributed by atoms with Gasteiger partial charge in [0.2, 0.25) is 0 Å². The lowest BCUT2D eigenvalue weighted by molar-refractivity contribution is 0.0723. The first-order valence-corrected chi connectivity index (χ1v) is 8.92. The van der Waals surface area contributed by atoms with Gasteiger partial charge in [0.15, 0.2) is 5.82 Å². The number of H-pyrrole nitrogens is 1. The van der Waals surface area contributed by atoms with Crippen LogP contribution in [0.4, 0.5) is 0 Å². The highest BCUT2D eigenvalue weighted by molar-refractivity contribution is 5.95. The molecular weight excluding hydrogens is 358 g/mol. The molecule has 0 saturated carbocycles. The summed E-state index contributed by atoms with van der Waals surface area (Å²) in [5.41, 5.74) is 0.962. The van der Waals surface area contributed by atoms with Gasteiger partial charge >= 0.3 is 0 Å². The van der Waals surface area contributed by atoms with Crippen molar-refractivity contribution in [2.45, 2.75) is 25.4 Å². The second kappa shape index (κ2) is 7.55. The summed E-state index contributed by atoms with van der Waals surface area (Å²) in [5, 5.41) is 10.0. The van der Waals surface area contributed by atoms with Crippen LogP contribution in [0.15, 0.2) is 49.1 Å². The van der Waals surface area contributed by atoms with E-state index in [4.69, 9.17) is 0 Å². The van der Waals surface area contributed by atoms with E-state index in [9.17, 15) is 9.59 Å². The number of aromatic amines is 1. The van der Waals surface area contributed by atoms with Gasteiger partial charge in [-0.1, -0.05) is 18.2 Å². The van der Waals surface area contributed by atoms with Gasteiger partial charge < -0.3 is 10.2 Å². The van der Waals surface area contributed by atoms with Crippen LogP contribution in [0.25, 0.3) is 0 Å². The molecule has 2 N–H and O–H groups in total. The van der Waals surface area contributed by atoms with Crippen molar-refractivity contribution in [1.29, 1.82) is 0 Å². The average molecular weight is 377 g/mol. The number of carbonyl (C=O) groups excluding carboxylic acids is 2. The highest BCUT2D eigenvalue weighted by atomic mass is 16.2. The zero-order chi connectivity index (χ0) is 19.5. The Bertz CT molecular complexity index is 974. The van der Waals surface area contributed by atoms with Gasteiger partial charge in [-0.25, -0.2) is 15.0 Å². The van der Waals surface area contributed by atoms with Crippen LogP contribution in [0.3, 0.4) is 0 Å². The van der Waals surface area contributed by atoms with E-state index in [1.165, 1.54) is 18.7 Å². The molecule has 28 heavy (non-hydrogen) atoms. The van der Waals surface area contributed by atoms with Crippen LogP contribution in [0.5, 0.6) is 0 Å². The Hall–Kier alpha value is -3.62. The third kappa shape index (κ3) is 3.59. The highest BCUT2D eigenvalue weighted by Gasteiger charge is 2.39. The summed E-state index contributed by atoms with van der Waals surface area (Å²) in [6, 6.07) is 8.43. The van der Waals surface area contributed by atoms with Gasteiger partial charge in [-0.3, -0.25) is 14.7 Å². The molecule has 1 aliphatic rings. The molecule has 9 nitrogen and oxygen atoms in total. The monoisotopic (exact) mass is 377 g/mol. The maximum atomic E-state index is 13.0. The average Bonchev–Trinajstić information content (AvgIpc) is 3.35. The predicted molar refractivity (Wildman–Crippen MR) is 99.2 cm³/mol. The third-order valence-corrected chi connectivity index (χ3v) is 4.65. The lowest BCUT2D eigenvalue weighted by Gasteiger charge is -2.22. The first-order chi connectivity index (χ1) is 13.6. The van der Waals surface area contributed by atoms with Crippen LogP contribution >= 0.6 is 0 Å². The van der Waals surface area contributed by atoms with E-state index >= 15 is 0 Å². The van der Waals surface area contributed by atoms with Crippen LogP contribution in [0, 0.1) is 6.92 Å². The Morgan fingerprint density at radius 2 is 1.89 bits per heavy atom. The number of benzene rings is 1. The fraction of sp³-hybridized carbons (Fsp3) is 0.263. The molecule has 0 bridgehead atoms. The van der Waals surface area contributed by atoms with Crippen molar-refractivity contribution < 1.29 is 9.59 Å². The number of aryl methyl sites for hydroxylation is 1. The summed E-state index contributed by atoms with van der Waals surface area (Å²) in [5.74, 6) is 0.804. The molecule has 3 heterocycles. The molecule has 2 atom stereocenters. The lowest BCUT2D eigenvalue weighted by atomic mass is 10.1. The molecule has 2 amide bonds. The molecular formula is C19H19N7O2. The minimum absolute atomic E-state index is 0.173. The van der Waals surface area contributed by atoms with E-state index in [1.807, 2.05) is 18.2 Å². The van der Waals surface area contributed by atoms with Gasteiger partial charge in [0.25, 0.3) is 11.8 Å². The fourth-order valence-corrected chi connectivity index (χ4v) is 3.35. The molecule has 4 rings (SSSR count). The first kappa shape index (κ1) is 17.8. The summed E-state index contributed by atoms with van der Waals surface area (Å²) in [7, 11) is 0. The van der Waals surface area contributed by atoms with Gasteiger partial charge in [0, 0.05) is 30.5 Å². The van der Waals surface area contributed by atoms with Crippen molar-refractivity contribution in [2.24, 2.45) is 0 Å². The second-order valence-electron chi connectivity index (χ2n) is 6.65. The maximum Gasteiger partial charge on any atom is 0.257 e.